The van der Waals surface area contributed by atoms with Crippen LogP contribution in [0.3, 0.4) is 0 Å². The third-order valence-corrected chi connectivity index (χ3v) is 4.23. The molecule has 0 atom stereocenters. The minimum Gasteiger partial charge on any atom is -0.454 e. The number of hydrogen-bond acceptors (Lipinski definition) is 7. The molecule has 28 heavy (non-hydrogen) atoms. The molecule has 0 fully saturated rings. The number of ketones is 1. The standard InChI is InChI=1S/C19H17N3O6/c1-11-8-15(13(3)21(11)18-9-12(2)28-20-18)17(23)10-27-19(24)14-6-4-5-7-16(14)22(25)26/h4-9H,10H2,1-3H3. The first-order valence-electron chi connectivity index (χ1n) is 8.36. The van der Waals surface area contributed by atoms with Crippen LogP contribution in [0, 0.1) is 30.9 Å². The molecule has 3 rings (SSSR count). The molecule has 0 aliphatic rings. The van der Waals surface area contributed by atoms with E-state index in [0.717, 1.165) is 5.69 Å². The zero-order valence-electron chi connectivity index (χ0n) is 15.5. The molecule has 0 aliphatic heterocycles. The van der Waals surface area contributed by atoms with Crippen molar-refractivity contribution in [3.63, 3.8) is 0 Å². The maximum absolute atomic E-state index is 12.6. The summed E-state index contributed by atoms with van der Waals surface area (Å²) in [5, 5.41) is 15.0. The van der Waals surface area contributed by atoms with Crippen molar-refractivity contribution in [2.75, 3.05) is 6.61 Å². The fraction of sp³-hybridized carbons (Fsp3) is 0.211. The Morgan fingerprint density at radius 2 is 1.89 bits per heavy atom. The van der Waals surface area contributed by atoms with Crippen LogP contribution >= 0.6 is 0 Å². The molecule has 0 saturated heterocycles. The van der Waals surface area contributed by atoms with E-state index in [1.165, 1.54) is 24.3 Å². The molecule has 0 amide bonds. The lowest BCUT2D eigenvalue weighted by atomic mass is 10.1. The quantitative estimate of drug-likeness (QED) is 0.277. The van der Waals surface area contributed by atoms with E-state index in [4.69, 9.17) is 9.26 Å². The van der Waals surface area contributed by atoms with Crippen LogP contribution in [0.1, 0.15) is 37.9 Å². The number of hydrogen-bond donors (Lipinski definition) is 0. The third kappa shape index (κ3) is 3.54. The van der Waals surface area contributed by atoms with Gasteiger partial charge in [-0.2, -0.15) is 0 Å². The molecule has 0 aliphatic carbocycles. The Hall–Kier alpha value is -3.75. The summed E-state index contributed by atoms with van der Waals surface area (Å²) >= 11 is 0. The van der Waals surface area contributed by atoms with Gasteiger partial charge < -0.3 is 9.26 Å². The van der Waals surface area contributed by atoms with Crippen molar-refractivity contribution < 1.29 is 23.8 Å². The fourth-order valence-corrected chi connectivity index (χ4v) is 2.95. The number of para-hydroxylation sites is 1. The molecule has 0 unspecified atom stereocenters. The molecule has 1 aromatic carbocycles. The first kappa shape index (κ1) is 19.0. The van der Waals surface area contributed by atoms with E-state index >= 15 is 0 Å². The topological polar surface area (TPSA) is 117 Å². The number of Topliss-reactive ketones (excluding diaryl/α,β-unsaturated/α-hetero) is 1. The second-order valence-corrected chi connectivity index (χ2v) is 6.19. The van der Waals surface area contributed by atoms with Crippen LogP contribution in [0.4, 0.5) is 5.69 Å². The number of aryl methyl sites for hydroxylation is 2. The van der Waals surface area contributed by atoms with Gasteiger partial charge in [0, 0.05) is 29.1 Å². The molecule has 0 radical (unpaired) electrons. The van der Waals surface area contributed by atoms with E-state index in [2.05, 4.69) is 5.16 Å². The Labute approximate surface area is 159 Å². The first-order chi connectivity index (χ1) is 13.3. The van der Waals surface area contributed by atoms with Gasteiger partial charge in [0.15, 0.2) is 12.4 Å². The van der Waals surface area contributed by atoms with Gasteiger partial charge in [-0.15, -0.1) is 0 Å². The lowest BCUT2D eigenvalue weighted by molar-refractivity contribution is -0.385. The summed E-state index contributed by atoms with van der Waals surface area (Å²) in [5.41, 5.74) is 1.17. The lowest BCUT2D eigenvalue weighted by Gasteiger charge is -2.06. The van der Waals surface area contributed by atoms with Gasteiger partial charge in [-0.05, 0) is 32.9 Å². The van der Waals surface area contributed by atoms with Gasteiger partial charge in [0.1, 0.15) is 11.3 Å². The SMILES string of the molecule is Cc1cc(-n2c(C)cc(C(=O)COC(=O)c3ccccc3[N+](=O)[O-])c2C)no1. The number of rotatable bonds is 6. The zero-order valence-corrected chi connectivity index (χ0v) is 15.5. The lowest BCUT2D eigenvalue weighted by Crippen LogP contribution is -2.16. The number of nitro benzene ring substituents is 1. The molecule has 2 aromatic heterocycles. The normalized spacial score (nSPS) is 10.7. The molecular formula is C19H17N3O6. The van der Waals surface area contributed by atoms with Crippen molar-refractivity contribution in [1.29, 1.82) is 0 Å². The number of ether oxygens (including phenoxy) is 1. The Bertz CT molecular complexity index is 1080. The van der Waals surface area contributed by atoms with Crippen LogP contribution in [-0.2, 0) is 4.74 Å². The van der Waals surface area contributed by atoms with E-state index in [-0.39, 0.29) is 11.3 Å². The smallest absolute Gasteiger partial charge is 0.345 e. The molecule has 0 saturated carbocycles. The van der Waals surface area contributed by atoms with Crippen LogP contribution in [0.25, 0.3) is 5.82 Å². The molecule has 144 valence electrons. The number of aromatic nitrogens is 2. The highest BCUT2D eigenvalue weighted by Crippen LogP contribution is 2.22. The van der Waals surface area contributed by atoms with Crippen LogP contribution in [0.5, 0.6) is 0 Å². The average Bonchev–Trinajstić information content (AvgIpc) is 3.21. The Kier molecular flexibility index (Phi) is 5.08. The van der Waals surface area contributed by atoms with E-state index in [1.807, 2.05) is 6.92 Å². The summed E-state index contributed by atoms with van der Waals surface area (Å²) in [4.78, 5) is 35.1. The molecule has 0 N–H and O–H groups in total. The fourth-order valence-electron chi connectivity index (χ4n) is 2.95. The monoisotopic (exact) mass is 383 g/mol. The van der Waals surface area contributed by atoms with Gasteiger partial charge in [-0.3, -0.25) is 19.5 Å². The van der Waals surface area contributed by atoms with Crippen molar-refractivity contribution in [2.45, 2.75) is 20.8 Å². The molecule has 0 spiro atoms. The summed E-state index contributed by atoms with van der Waals surface area (Å²) in [7, 11) is 0. The summed E-state index contributed by atoms with van der Waals surface area (Å²) in [6.45, 7) is 4.78. The predicted octanol–water partition coefficient (Wildman–Crippen LogP) is 3.34. The first-order valence-corrected chi connectivity index (χ1v) is 8.36. The second-order valence-electron chi connectivity index (χ2n) is 6.19. The van der Waals surface area contributed by atoms with Crippen LogP contribution in [-0.4, -0.2) is 33.0 Å². The largest absolute Gasteiger partial charge is 0.454 e. The molecule has 3 aromatic rings. The van der Waals surface area contributed by atoms with E-state index in [0.29, 0.717) is 22.8 Å². The Balaban J connectivity index is 1.78. The van der Waals surface area contributed by atoms with Crippen LogP contribution in [0.15, 0.2) is 40.9 Å². The summed E-state index contributed by atoms with van der Waals surface area (Å²) in [6.07, 6.45) is 0. The highest BCUT2D eigenvalue weighted by atomic mass is 16.6. The van der Waals surface area contributed by atoms with Crippen LogP contribution < -0.4 is 0 Å². The van der Waals surface area contributed by atoms with E-state index in [9.17, 15) is 19.7 Å². The molecule has 9 heteroatoms. The van der Waals surface area contributed by atoms with Crippen molar-refractivity contribution in [1.82, 2.24) is 9.72 Å². The number of nitro groups is 1. The van der Waals surface area contributed by atoms with Gasteiger partial charge in [-0.25, -0.2) is 4.79 Å². The number of benzene rings is 1. The number of esters is 1. The van der Waals surface area contributed by atoms with Crippen molar-refractivity contribution in [3.05, 3.63) is 74.8 Å². The Morgan fingerprint density at radius 1 is 1.18 bits per heavy atom. The number of nitrogens with zero attached hydrogens (tertiary/aromatic N) is 3. The average molecular weight is 383 g/mol. The summed E-state index contributed by atoms with van der Waals surface area (Å²) in [5.74, 6) is -0.176. The van der Waals surface area contributed by atoms with Gasteiger partial charge in [0.25, 0.3) is 5.69 Å². The second kappa shape index (κ2) is 7.47. The van der Waals surface area contributed by atoms with Crippen LogP contribution in [0.2, 0.25) is 0 Å². The van der Waals surface area contributed by atoms with E-state index < -0.39 is 23.3 Å². The molecular weight excluding hydrogens is 366 g/mol. The van der Waals surface area contributed by atoms with Gasteiger partial charge in [0.2, 0.25) is 5.78 Å². The van der Waals surface area contributed by atoms with Gasteiger partial charge >= 0.3 is 5.97 Å². The van der Waals surface area contributed by atoms with Crippen molar-refractivity contribution in [3.8, 4) is 5.82 Å². The van der Waals surface area contributed by atoms with Gasteiger partial charge in [-0.1, -0.05) is 17.3 Å². The number of carbonyl (C=O) groups excluding carboxylic acids is 2. The van der Waals surface area contributed by atoms with Gasteiger partial charge in [0.05, 0.1) is 4.92 Å². The maximum Gasteiger partial charge on any atom is 0.345 e. The van der Waals surface area contributed by atoms with Crippen molar-refractivity contribution in [2.24, 2.45) is 0 Å². The third-order valence-electron chi connectivity index (χ3n) is 4.23. The summed E-state index contributed by atoms with van der Waals surface area (Å²) in [6, 6.07) is 8.82. The molecule has 0 bridgehead atoms. The van der Waals surface area contributed by atoms with Crippen molar-refractivity contribution >= 4 is 17.4 Å². The highest BCUT2D eigenvalue weighted by molar-refractivity contribution is 6.01. The molecule has 9 nitrogen and oxygen atoms in total. The minimum atomic E-state index is -0.929. The zero-order chi connectivity index (χ0) is 20.4. The summed E-state index contributed by atoms with van der Waals surface area (Å²) < 4.78 is 11.8. The van der Waals surface area contributed by atoms with E-state index in [1.54, 1.807) is 30.5 Å². The predicted molar refractivity (Wildman–Crippen MR) is 97.8 cm³/mol. The minimum absolute atomic E-state index is 0.205. The molecule has 2 heterocycles. The highest BCUT2D eigenvalue weighted by Gasteiger charge is 2.23. The maximum atomic E-state index is 12.6. The number of carbonyl (C=O) groups is 2. The Morgan fingerprint density at radius 3 is 2.54 bits per heavy atom.